The highest BCUT2D eigenvalue weighted by molar-refractivity contribution is 6.02. The highest BCUT2D eigenvalue weighted by atomic mass is 16.5. The Hall–Kier alpha value is -2.36. The van der Waals surface area contributed by atoms with Crippen LogP contribution in [-0.2, 0) is 6.42 Å². The summed E-state index contributed by atoms with van der Waals surface area (Å²) in [6.07, 6.45) is 4.89. The summed E-state index contributed by atoms with van der Waals surface area (Å²) in [5.41, 5.74) is 2.82. The molecule has 1 unspecified atom stereocenters. The normalized spacial score (nSPS) is 16.1. The number of hydrogen-bond acceptors (Lipinski definition) is 4. The maximum absolute atomic E-state index is 12.6. The summed E-state index contributed by atoms with van der Waals surface area (Å²) in [6, 6.07) is 9.57. The zero-order valence-electron chi connectivity index (χ0n) is 12.0. The Balaban J connectivity index is 1.75. The summed E-state index contributed by atoms with van der Waals surface area (Å²) in [7, 11) is 0. The Labute approximate surface area is 124 Å². The van der Waals surface area contributed by atoms with E-state index >= 15 is 0 Å². The number of fused-ring (bicyclic) bond motifs is 1. The molecule has 0 fully saturated rings. The van der Waals surface area contributed by atoms with Crippen LogP contribution in [0.25, 0.3) is 0 Å². The minimum Gasteiger partial charge on any atom is -0.492 e. The van der Waals surface area contributed by atoms with E-state index in [0.29, 0.717) is 17.9 Å². The number of anilines is 1. The van der Waals surface area contributed by atoms with Crippen molar-refractivity contribution in [1.82, 2.24) is 4.98 Å². The first-order chi connectivity index (χ1) is 10.3. The van der Waals surface area contributed by atoms with Crippen LogP contribution in [0, 0.1) is 0 Å². The average molecular weight is 282 g/mol. The molecule has 4 heteroatoms. The third-order valence-electron chi connectivity index (χ3n) is 3.56. The molecule has 0 amide bonds. The van der Waals surface area contributed by atoms with Gasteiger partial charge in [0.1, 0.15) is 5.75 Å². The molecule has 0 radical (unpaired) electrons. The Morgan fingerprint density at radius 2 is 2.24 bits per heavy atom. The van der Waals surface area contributed by atoms with Crippen LogP contribution in [0.3, 0.4) is 0 Å². The van der Waals surface area contributed by atoms with Gasteiger partial charge in [0, 0.05) is 23.9 Å². The zero-order valence-corrected chi connectivity index (χ0v) is 12.0. The van der Waals surface area contributed by atoms with Crippen LogP contribution in [-0.4, -0.2) is 23.4 Å². The van der Waals surface area contributed by atoms with Gasteiger partial charge in [0.15, 0.2) is 5.78 Å². The first-order valence-electron chi connectivity index (χ1n) is 7.24. The molecule has 1 N–H and O–H groups in total. The first-order valence-corrected chi connectivity index (χ1v) is 7.24. The summed E-state index contributed by atoms with van der Waals surface area (Å²) in [4.78, 5) is 16.7. The lowest BCUT2D eigenvalue weighted by atomic mass is 10.0. The molecule has 2 heterocycles. The molecule has 0 aliphatic carbocycles. The molecule has 1 aromatic carbocycles. The number of carbonyl (C=O) groups is 1. The van der Waals surface area contributed by atoms with Gasteiger partial charge in [0.05, 0.1) is 18.8 Å². The summed E-state index contributed by atoms with van der Waals surface area (Å²) >= 11 is 0. The quantitative estimate of drug-likeness (QED) is 0.856. The predicted molar refractivity (Wildman–Crippen MR) is 81.9 cm³/mol. The molecule has 3 rings (SSSR count). The van der Waals surface area contributed by atoms with Gasteiger partial charge < -0.3 is 10.1 Å². The van der Waals surface area contributed by atoms with Gasteiger partial charge in [-0.15, -0.1) is 0 Å². The van der Waals surface area contributed by atoms with Crippen LogP contribution in [0.4, 0.5) is 5.69 Å². The maximum Gasteiger partial charge on any atom is 0.187 e. The highest BCUT2D eigenvalue weighted by Gasteiger charge is 2.27. The number of carbonyl (C=O) groups excluding carboxylic acids is 1. The summed E-state index contributed by atoms with van der Waals surface area (Å²) in [5.74, 6) is 0.707. The number of Topliss-reactive ketones (excluding diaryl/α,β-unsaturated/α-hetero) is 1. The first kappa shape index (κ1) is 13.6. The third-order valence-corrected chi connectivity index (χ3v) is 3.56. The van der Waals surface area contributed by atoms with E-state index in [1.54, 1.807) is 18.5 Å². The molecule has 108 valence electrons. The van der Waals surface area contributed by atoms with E-state index in [9.17, 15) is 4.79 Å². The van der Waals surface area contributed by atoms with Crippen molar-refractivity contribution >= 4 is 11.5 Å². The SMILES string of the molecule is CCCOc1cncc(C(=O)C2Cc3ccccc3N2)c1. The van der Waals surface area contributed by atoms with E-state index in [-0.39, 0.29) is 11.8 Å². The van der Waals surface area contributed by atoms with Gasteiger partial charge in [0.25, 0.3) is 0 Å². The third kappa shape index (κ3) is 2.89. The maximum atomic E-state index is 12.6. The lowest BCUT2D eigenvalue weighted by molar-refractivity contribution is 0.0971. The molecule has 0 saturated carbocycles. The van der Waals surface area contributed by atoms with E-state index in [1.807, 2.05) is 25.1 Å². The molecule has 1 aliphatic rings. The van der Waals surface area contributed by atoms with E-state index in [4.69, 9.17) is 4.74 Å². The monoisotopic (exact) mass is 282 g/mol. The fraction of sp³-hybridized carbons (Fsp3) is 0.294. The fourth-order valence-electron chi connectivity index (χ4n) is 2.51. The van der Waals surface area contributed by atoms with Crippen LogP contribution in [0.15, 0.2) is 42.7 Å². The largest absolute Gasteiger partial charge is 0.492 e. The van der Waals surface area contributed by atoms with Crippen molar-refractivity contribution in [2.45, 2.75) is 25.8 Å². The molecule has 21 heavy (non-hydrogen) atoms. The molecule has 2 aromatic rings. The summed E-state index contributed by atoms with van der Waals surface area (Å²) in [6.45, 7) is 2.68. The average Bonchev–Trinajstić information content (AvgIpc) is 2.96. The lowest BCUT2D eigenvalue weighted by Gasteiger charge is -2.11. The van der Waals surface area contributed by atoms with Crippen molar-refractivity contribution in [2.75, 3.05) is 11.9 Å². The van der Waals surface area contributed by atoms with E-state index in [2.05, 4.69) is 16.4 Å². The fourth-order valence-corrected chi connectivity index (χ4v) is 2.51. The van der Waals surface area contributed by atoms with E-state index in [1.165, 1.54) is 5.56 Å². The number of ketones is 1. The van der Waals surface area contributed by atoms with Crippen LogP contribution < -0.4 is 10.1 Å². The van der Waals surface area contributed by atoms with Crippen LogP contribution in [0.5, 0.6) is 5.75 Å². The molecule has 1 aromatic heterocycles. The number of hydrogen-bond donors (Lipinski definition) is 1. The highest BCUT2D eigenvalue weighted by Crippen LogP contribution is 2.27. The number of para-hydroxylation sites is 1. The second kappa shape index (κ2) is 5.95. The number of ether oxygens (including phenoxy) is 1. The van der Waals surface area contributed by atoms with Crippen molar-refractivity contribution in [1.29, 1.82) is 0 Å². The number of benzene rings is 1. The van der Waals surface area contributed by atoms with Crippen molar-refractivity contribution in [3.8, 4) is 5.75 Å². The summed E-state index contributed by atoms with van der Waals surface area (Å²) < 4.78 is 5.54. The van der Waals surface area contributed by atoms with Crippen molar-refractivity contribution < 1.29 is 9.53 Å². The van der Waals surface area contributed by atoms with Gasteiger partial charge in [-0.2, -0.15) is 0 Å². The Kier molecular flexibility index (Phi) is 3.86. The number of pyridine rings is 1. The molecule has 0 saturated heterocycles. The molecule has 0 spiro atoms. The topological polar surface area (TPSA) is 51.2 Å². The van der Waals surface area contributed by atoms with Crippen molar-refractivity contribution in [3.63, 3.8) is 0 Å². The molecular weight excluding hydrogens is 264 g/mol. The standard InChI is InChI=1S/C17H18N2O2/c1-2-7-21-14-8-13(10-18-11-14)17(20)16-9-12-5-3-4-6-15(12)19-16/h3-6,8,10-11,16,19H,2,7,9H2,1H3. The van der Waals surface area contributed by atoms with Crippen LogP contribution in [0.2, 0.25) is 0 Å². The Morgan fingerprint density at radius 3 is 3.05 bits per heavy atom. The van der Waals surface area contributed by atoms with Crippen molar-refractivity contribution in [2.24, 2.45) is 0 Å². The lowest BCUT2D eigenvalue weighted by Crippen LogP contribution is -2.27. The van der Waals surface area contributed by atoms with E-state index in [0.717, 1.165) is 18.5 Å². The predicted octanol–water partition coefficient (Wildman–Crippen LogP) is 3.09. The molecule has 4 nitrogen and oxygen atoms in total. The van der Waals surface area contributed by atoms with Gasteiger partial charge in [0.2, 0.25) is 0 Å². The van der Waals surface area contributed by atoms with Crippen molar-refractivity contribution in [3.05, 3.63) is 53.9 Å². The Morgan fingerprint density at radius 1 is 1.38 bits per heavy atom. The smallest absolute Gasteiger partial charge is 0.187 e. The minimum absolute atomic E-state index is 0.0562. The van der Waals surface area contributed by atoms with Gasteiger partial charge >= 0.3 is 0 Å². The second-order valence-electron chi connectivity index (χ2n) is 5.18. The minimum atomic E-state index is -0.217. The van der Waals surface area contributed by atoms with E-state index < -0.39 is 0 Å². The number of rotatable bonds is 5. The molecule has 0 bridgehead atoms. The van der Waals surface area contributed by atoms with Gasteiger partial charge in [-0.05, 0) is 24.1 Å². The molecular formula is C17H18N2O2. The molecule has 1 aliphatic heterocycles. The second-order valence-corrected chi connectivity index (χ2v) is 5.18. The number of nitrogens with one attached hydrogen (secondary N) is 1. The number of nitrogens with zero attached hydrogens (tertiary/aromatic N) is 1. The van der Waals surface area contributed by atoms with Gasteiger partial charge in [-0.25, -0.2) is 0 Å². The molecule has 1 atom stereocenters. The zero-order chi connectivity index (χ0) is 14.7. The van der Waals surface area contributed by atoms with Gasteiger partial charge in [-0.1, -0.05) is 25.1 Å². The van der Waals surface area contributed by atoms with Crippen LogP contribution >= 0.6 is 0 Å². The Bertz CT molecular complexity index is 630. The number of aromatic nitrogens is 1. The van der Waals surface area contributed by atoms with Crippen LogP contribution in [0.1, 0.15) is 29.3 Å². The van der Waals surface area contributed by atoms with Gasteiger partial charge in [-0.3, -0.25) is 9.78 Å². The summed E-state index contributed by atoms with van der Waals surface area (Å²) in [5, 5.41) is 3.28.